The smallest absolute Gasteiger partial charge is 0.331 e. The standard InChI is InChI=1S/C14H23NO5/c1-10(2)14(18)15-8-5-9-19-12(16)6-7-13(17)20-11(3)4/h6-7,10-11H,5,8-9H2,1-4H3,(H,15,18). The molecule has 0 aromatic carbocycles. The van der Waals surface area contributed by atoms with Crippen LogP contribution in [0.3, 0.4) is 0 Å². The van der Waals surface area contributed by atoms with Crippen LogP contribution >= 0.6 is 0 Å². The average Bonchev–Trinajstić information content (AvgIpc) is 2.34. The minimum Gasteiger partial charge on any atom is -0.462 e. The predicted molar refractivity (Wildman–Crippen MR) is 73.8 cm³/mol. The first kappa shape index (κ1) is 18.1. The molecule has 0 aliphatic heterocycles. The lowest BCUT2D eigenvalue weighted by atomic mass is 10.2. The lowest BCUT2D eigenvalue weighted by molar-refractivity contribution is -0.142. The number of ether oxygens (including phenoxy) is 2. The van der Waals surface area contributed by atoms with Crippen LogP contribution in [0.15, 0.2) is 12.2 Å². The van der Waals surface area contributed by atoms with E-state index in [0.717, 1.165) is 12.2 Å². The second kappa shape index (κ2) is 10.00. The number of carbonyl (C=O) groups is 3. The van der Waals surface area contributed by atoms with E-state index in [9.17, 15) is 14.4 Å². The van der Waals surface area contributed by atoms with Crippen LogP contribution in [0.25, 0.3) is 0 Å². The Balaban J connectivity index is 3.71. The summed E-state index contributed by atoms with van der Waals surface area (Å²) in [7, 11) is 0. The number of hydrogen-bond acceptors (Lipinski definition) is 5. The zero-order chi connectivity index (χ0) is 15.5. The van der Waals surface area contributed by atoms with Crippen LogP contribution in [0.1, 0.15) is 34.1 Å². The fraction of sp³-hybridized carbons (Fsp3) is 0.643. The summed E-state index contributed by atoms with van der Waals surface area (Å²) in [4.78, 5) is 33.6. The first-order valence-electron chi connectivity index (χ1n) is 6.66. The Labute approximate surface area is 119 Å². The number of esters is 2. The molecule has 1 N–H and O–H groups in total. The largest absolute Gasteiger partial charge is 0.462 e. The molecule has 0 aliphatic carbocycles. The molecule has 0 heterocycles. The predicted octanol–water partition coefficient (Wildman–Crippen LogP) is 1.20. The molecule has 0 fully saturated rings. The maximum atomic E-state index is 11.2. The SMILES string of the molecule is CC(C)OC(=O)C=CC(=O)OCCCNC(=O)C(C)C. The van der Waals surface area contributed by atoms with Crippen molar-refractivity contribution in [3.63, 3.8) is 0 Å². The van der Waals surface area contributed by atoms with Crippen molar-refractivity contribution in [2.24, 2.45) is 5.92 Å². The highest BCUT2D eigenvalue weighted by Crippen LogP contribution is 1.93. The number of carbonyl (C=O) groups excluding carboxylic acids is 3. The number of hydrogen-bond donors (Lipinski definition) is 1. The van der Waals surface area contributed by atoms with E-state index in [1.165, 1.54) is 0 Å². The maximum absolute atomic E-state index is 11.2. The number of nitrogens with one attached hydrogen (secondary N) is 1. The summed E-state index contributed by atoms with van der Waals surface area (Å²) in [6.07, 6.45) is 2.35. The number of rotatable bonds is 8. The van der Waals surface area contributed by atoms with Crippen LogP contribution in [0.2, 0.25) is 0 Å². The van der Waals surface area contributed by atoms with E-state index >= 15 is 0 Å². The molecule has 0 radical (unpaired) electrons. The highest BCUT2D eigenvalue weighted by molar-refractivity contribution is 5.91. The minimum absolute atomic E-state index is 0.0346. The van der Waals surface area contributed by atoms with Crippen molar-refractivity contribution in [3.8, 4) is 0 Å². The van der Waals surface area contributed by atoms with E-state index in [2.05, 4.69) is 5.32 Å². The lowest BCUT2D eigenvalue weighted by Gasteiger charge is -2.07. The van der Waals surface area contributed by atoms with Crippen molar-refractivity contribution in [1.82, 2.24) is 5.32 Å². The normalized spacial score (nSPS) is 10.9. The van der Waals surface area contributed by atoms with Crippen molar-refractivity contribution in [2.75, 3.05) is 13.2 Å². The summed E-state index contributed by atoms with van der Waals surface area (Å²) in [5.41, 5.74) is 0. The quantitative estimate of drug-likeness (QED) is 0.412. The van der Waals surface area contributed by atoms with Crippen molar-refractivity contribution in [2.45, 2.75) is 40.2 Å². The van der Waals surface area contributed by atoms with Gasteiger partial charge in [0, 0.05) is 24.6 Å². The van der Waals surface area contributed by atoms with Crippen molar-refractivity contribution in [3.05, 3.63) is 12.2 Å². The summed E-state index contributed by atoms with van der Waals surface area (Å²) in [6, 6.07) is 0. The van der Waals surface area contributed by atoms with Crippen LogP contribution in [0, 0.1) is 5.92 Å². The molecular formula is C14H23NO5. The lowest BCUT2D eigenvalue weighted by Crippen LogP contribution is -2.29. The van der Waals surface area contributed by atoms with Gasteiger partial charge < -0.3 is 14.8 Å². The molecule has 6 nitrogen and oxygen atoms in total. The topological polar surface area (TPSA) is 81.7 Å². The maximum Gasteiger partial charge on any atom is 0.331 e. The molecule has 20 heavy (non-hydrogen) atoms. The third kappa shape index (κ3) is 10.1. The van der Waals surface area contributed by atoms with E-state index in [4.69, 9.17) is 9.47 Å². The molecule has 0 aliphatic rings. The molecule has 1 amide bonds. The van der Waals surface area contributed by atoms with Crippen LogP contribution in [-0.2, 0) is 23.9 Å². The van der Waals surface area contributed by atoms with Crippen LogP contribution in [0.5, 0.6) is 0 Å². The van der Waals surface area contributed by atoms with Crippen molar-refractivity contribution in [1.29, 1.82) is 0 Å². The zero-order valence-electron chi connectivity index (χ0n) is 12.5. The summed E-state index contributed by atoms with van der Waals surface area (Å²) < 4.78 is 9.67. The molecule has 0 spiro atoms. The molecule has 0 aromatic rings. The second-order valence-corrected chi connectivity index (χ2v) is 4.79. The Morgan fingerprint density at radius 3 is 2.20 bits per heavy atom. The fourth-order valence-electron chi connectivity index (χ4n) is 1.12. The van der Waals surface area contributed by atoms with Crippen molar-refractivity contribution >= 4 is 17.8 Å². The van der Waals surface area contributed by atoms with Gasteiger partial charge in [0.25, 0.3) is 0 Å². The van der Waals surface area contributed by atoms with Gasteiger partial charge >= 0.3 is 11.9 Å². The Kier molecular flexibility index (Phi) is 9.07. The molecule has 0 saturated carbocycles. The van der Waals surface area contributed by atoms with E-state index < -0.39 is 11.9 Å². The van der Waals surface area contributed by atoms with Gasteiger partial charge in [-0.2, -0.15) is 0 Å². The first-order chi connectivity index (χ1) is 9.32. The molecule has 114 valence electrons. The highest BCUT2D eigenvalue weighted by Gasteiger charge is 2.05. The van der Waals surface area contributed by atoms with Crippen molar-refractivity contribution < 1.29 is 23.9 Å². The van der Waals surface area contributed by atoms with Gasteiger partial charge in [0.15, 0.2) is 0 Å². The Hall–Kier alpha value is -1.85. The minimum atomic E-state index is -0.610. The summed E-state index contributed by atoms with van der Waals surface area (Å²) >= 11 is 0. The molecule has 6 heteroatoms. The monoisotopic (exact) mass is 285 g/mol. The molecule has 0 unspecified atom stereocenters. The fourth-order valence-corrected chi connectivity index (χ4v) is 1.12. The van der Waals surface area contributed by atoms with Gasteiger partial charge in [-0.25, -0.2) is 9.59 Å². The third-order valence-electron chi connectivity index (χ3n) is 2.10. The molecule has 0 bridgehead atoms. The van der Waals surface area contributed by atoms with Crippen LogP contribution < -0.4 is 5.32 Å². The summed E-state index contributed by atoms with van der Waals surface area (Å²) in [6.45, 7) is 7.67. The number of amides is 1. The summed E-state index contributed by atoms with van der Waals surface area (Å²) in [5, 5.41) is 2.71. The highest BCUT2D eigenvalue weighted by atomic mass is 16.5. The molecular weight excluding hydrogens is 262 g/mol. The Morgan fingerprint density at radius 2 is 1.65 bits per heavy atom. The van der Waals surface area contributed by atoms with E-state index in [0.29, 0.717) is 13.0 Å². The van der Waals surface area contributed by atoms with Gasteiger partial charge in [0.1, 0.15) is 0 Å². The Bertz CT molecular complexity index is 361. The van der Waals surface area contributed by atoms with Gasteiger partial charge in [-0.1, -0.05) is 13.8 Å². The average molecular weight is 285 g/mol. The van der Waals surface area contributed by atoms with E-state index in [1.54, 1.807) is 27.7 Å². The van der Waals surface area contributed by atoms with Gasteiger partial charge in [-0.3, -0.25) is 4.79 Å². The van der Waals surface area contributed by atoms with E-state index in [-0.39, 0.29) is 24.5 Å². The zero-order valence-corrected chi connectivity index (χ0v) is 12.5. The van der Waals surface area contributed by atoms with Gasteiger partial charge in [0.2, 0.25) is 5.91 Å². The van der Waals surface area contributed by atoms with Gasteiger partial charge in [0.05, 0.1) is 12.7 Å². The van der Waals surface area contributed by atoms with Gasteiger partial charge in [-0.15, -0.1) is 0 Å². The van der Waals surface area contributed by atoms with Crippen LogP contribution in [-0.4, -0.2) is 37.1 Å². The molecule has 0 rings (SSSR count). The molecule has 0 aromatic heterocycles. The molecule has 0 saturated heterocycles. The second-order valence-electron chi connectivity index (χ2n) is 4.79. The third-order valence-corrected chi connectivity index (χ3v) is 2.10. The molecule has 0 atom stereocenters. The van der Waals surface area contributed by atoms with Gasteiger partial charge in [-0.05, 0) is 20.3 Å². The van der Waals surface area contributed by atoms with E-state index in [1.807, 2.05) is 0 Å². The Morgan fingerprint density at radius 1 is 1.05 bits per heavy atom. The van der Waals surface area contributed by atoms with Crippen LogP contribution in [0.4, 0.5) is 0 Å². The summed E-state index contributed by atoms with van der Waals surface area (Å²) in [5.74, 6) is -1.29. The first-order valence-corrected chi connectivity index (χ1v) is 6.66.